The standard InChI is InChI=1S/C19H21N3O3S/c1-3-4-15-9-18(25)22-16(11-26-19(22)21-15)10-17(24)20-14-7-5-13(6-8-14)12(2)23/h5-9,16H,3-4,10-11H2,1-2H3,(H,20,24). The summed E-state index contributed by atoms with van der Waals surface area (Å²) in [6.45, 7) is 3.55. The number of carbonyl (C=O) groups excluding carboxylic acids is 2. The van der Waals surface area contributed by atoms with Crippen molar-refractivity contribution >= 4 is 29.1 Å². The number of nitrogens with zero attached hydrogens (tertiary/aromatic N) is 2. The van der Waals surface area contributed by atoms with Crippen molar-refractivity contribution in [3.05, 3.63) is 51.9 Å². The topological polar surface area (TPSA) is 81.1 Å². The first kappa shape index (κ1) is 18.4. The zero-order chi connectivity index (χ0) is 18.7. The Morgan fingerprint density at radius 3 is 2.69 bits per heavy atom. The Hall–Kier alpha value is -2.41. The van der Waals surface area contributed by atoms with E-state index in [1.54, 1.807) is 34.9 Å². The molecule has 0 fully saturated rings. The number of aromatic nitrogens is 2. The molecule has 0 spiro atoms. The van der Waals surface area contributed by atoms with Crippen LogP contribution in [0.15, 0.2) is 40.3 Å². The molecule has 2 heterocycles. The summed E-state index contributed by atoms with van der Waals surface area (Å²) >= 11 is 1.52. The number of Topliss-reactive ketones (excluding diaryl/α,β-unsaturated/α-hetero) is 1. The number of hydrogen-bond donors (Lipinski definition) is 1. The fourth-order valence-corrected chi connectivity index (χ4v) is 4.12. The molecule has 0 saturated heterocycles. The molecule has 1 aromatic carbocycles. The van der Waals surface area contributed by atoms with Crippen LogP contribution in [-0.4, -0.2) is 27.0 Å². The molecule has 0 saturated carbocycles. The van der Waals surface area contributed by atoms with Gasteiger partial charge in [-0.05, 0) is 37.6 Å². The molecule has 3 rings (SSSR count). The summed E-state index contributed by atoms with van der Waals surface area (Å²) in [7, 11) is 0. The second kappa shape index (κ2) is 7.86. The van der Waals surface area contributed by atoms with Gasteiger partial charge in [0.25, 0.3) is 5.56 Å². The number of amides is 1. The number of ketones is 1. The summed E-state index contributed by atoms with van der Waals surface area (Å²) in [4.78, 5) is 40.6. The number of thioether (sulfide) groups is 1. The Morgan fingerprint density at radius 1 is 1.31 bits per heavy atom. The van der Waals surface area contributed by atoms with Crippen molar-refractivity contribution in [2.24, 2.45) is 0 Å². The molecule has 1 amide bonds. The molecule has 0 bridgehead atoms. The third-order valence-corrected chi connectivity index (χ3v) is 5.34. The highest BCUT2D eigenvalue weighted by Gasteiger charge is 2.27. The Morgan fingerprint density at radius 2 is 2.04 bits per heavy atom. The lowest BCUT2D eigenvalue weighted by molar-refractivity contribution is -0.116. The molecule has 0 aliphatic carbocycles. The number of fused-ring (bicyclic) bond motifs is 1. The van der Waals surface area contributed by atoms with E-state index in [-0.39, 0.29) is 29.7 Å². The van der Waals surface area contributed by atoms with Gasteiger partial charge in [-0.2, -0.15) is 0 Å². The van der Waals surface area contributed by atoms with Gasteiger partial charge in [0, 0.05) is 35.2 Å². The van der Waals surface area contributed by atoms with E-state index in [1.807, 2.05) is 0 Å². The van der Waals surface area contributed by atoms with Gasteiger partial charge in [0.2, 0.25) is 5.91 Å². The summed E-state index contributed by atoms with van der Waals surface area (Å²) in [5.74, 6) is 0.481. The fourth-order valence-electron chi connectivity index (χ4n) is 2.95. The van der Waals surface area contributed by atoms with Gasteiger partial charge < -0.3 is 5.32 Å². The minimum absolute atomic E-state index is 0.0169. The summed E-state index contributed by atoms with van der Waals surface area (Å²) in [5, 5.41) is 3.52. The van der Waals surface area contributed by atoms with Gasteiger partial charge in [-0.15, -0.1) is 0 Å². The summed E-state index contributed by atoms with van der Waals surface area (Å²) in [6.07, 6.45) is 1.93. The van der Waals surface area contributed by atoms with Crippen molar-refractivity contribution < 1.29 is 9.59 Å². The van der Waals surface area contributed by atoms with Crippen LogP contribution >= 0.6 is 11.8 Å². The molecule has 1 N–H and O–H groups in total. The van der Waals surface area contributed by atoms with Gasteiger partial charge in [0.1, 0.15) is 0 Å². The predicted octanol–water partition coefficient (Wildman–Crippen LogP) is 3.07. The van der Waals surface area contributed by atoms with Crippen LogP contribution in [0.25, 0.3) is 0 Å². The van der Waals surface area contributed by atoms with Crippen molar-refractivity contribution in [2.75, 3.05) is 11.1 Å². The Balaban J connectivity index is 1.68. The van der Waals surface area contributed by atoms with Crippen LogP contribution in [0, 0.1) is 0 Å². The zero-order valence-electron chi connectivity index (χ0n) is 14.8. The van der Waals surface area contributed by atoms with Crippen LogP contribution in [0.3, 0.4) is 0 Å². The quantitative estimate of drug-likeness (QED) is 0.623. The molecule has 6 nitrogen and oxygen atoms in total. The number of nitrogens with one attached hydrogen (secondary N) is 1. The van der Waals surface area contributed by atoms with Gasteiger partial charge in [-0.1, -0.05) is 25.1 Å². The van der Waals surface area contributed by atoms with Gasteiger partial charge in [0.05, 0.1) is 6.04 Å². The van der Waals surface area contributed by atoms with Crippen molar-refractivity contribution in [3.63, 3.8) is 0 Å². The Bertz CT molecular complexity index is 890. The third kappa shape index (κ3) is 4.04. The molecule has 136 valence electrons. The van der Waals surface area contributed by atoms with E-state index >= 15 is 0 Å². The second-order valence-corrected chi connectivity index (χ2v) is 7.33. The van der Waals surface area contributed by atoms with Crippen LogP contribution in [0.5, 0.6) is 0 Å². The van der Waals surface area contributed by atoms with E-state index < -0.39 is 0 Å². The lowest BCUT2D eigenvalue weighted by Crippen LogP contribution is -2.27. The van der Waals surface area contributed by atoms with Gasteiger partial charge in [-0.3, -0.25) is 19.0 Å². The van der Waals surface area contributed by atoms with Crippen LogP contribution in [0.2, 0.25) is 0 Å². The van der Waals surface area contributed by atoms with E-state index in [4.69, 9.17) is 0 Å². The molecular formula is C19H21N3O3S. The number of rotatable bonds is 6. The van der Waals surface area contributed by atoms with Crippen molar-refractivity contribution in [1.29, 1.82) is 0 Å². The largest absolute Gasteiger partial charge is 0.326 e. The molecule has 1 atom stereocenters. The first-order valence-corrected chi connectivity index (χ1v) is 9.62. The first-order valence-electron chi connectivity index (χ1n) is 8.64. The molecule has 1 unspecified atom stereocenters. The van der Waals surface area contributed by atoms with Gasteiger partial charge in [-0.25, -0.2) is 4.98 Å². The molecule has 7 heteroatoms. The molecule has 1 aromatic heterocycles. The highest BCUT2D eigenvalue weighted by molar-refractivity contribution is 7.99. The molecule has 2 aromatic rings. The average Bonchev–Trinajstić information content (AvgIpc) is 2.98. The van der Waals surface area contributed by atoms with E-state index in [9.17, 15) is 14.4 Å². The highest BCUT2D eigenvalue weighted by Crippen LogP contribution is 2.32. The van der Waals surface area contributed by atoms with E-state index in [0.717, 1.165) is 18.5 Å². The number of benzene rings is 1. The van der Waals surface area contributed by atoms with Crippen LogP contribution in [-0.2, 0) is 11.2 Å². The number of aryl methyl sites for hydroxylation is 1. The van der Waals surface area contributed by atoms with Crippen LogP contribution in [0.1, 0.15) is 48.8 Å². The summed E-state index contributed by atoms with van der Waals surface area (Å²) < 4.78 is 1.63. The molecule has 1 aliphatic rings. The van der Waals surface area contributed by atoms with E-state index in [0.29, 0.717) is 22.2 Å². The first-order chi connectivity index (χ1) is 12.5. The second-order valence-electron chi connectivity index (χ2n) is 6.34. The lowest BCUT2D eigenvalue weighted by atomic mass is 10.1. The number of anilines is 1. The maximum absolute atomic E-state index is 12.4. The van der Waals surface area contributed by atoms with E-state index in [2.05, 4.69) is 17.2 Å². The number of carbonyl (C=O) groups is 2. The summed E-state index contributed by atoms with van der Waals surface area (Å²) in [6, 6.07) is 8.16. The minimum Gasteiger partial charge on any atom is -0.326 e. The monoisotopic (exact) mass is 371 g/mol. The fraction of sp³-hybridized carbons (Fsp3) is 0.368. The Kier molecular flexibility index (Phi) is 5.56. The third-order valence-electron chi connectivity index (χ3n) is 4.25. The molecular weight excluding hydrogens is 350 g/mol. The zero-order valence-corrected chi connectivity index (χ0v) is 15.6. The van der Waals surface area contributed by atoms with E-state index in [1.165, 1.54) is 18.7 Å². The average molecular weight is 371 g/mol. The maximum Gasteiger partial charge on any atom is 0.254 e. The Labute approximate surface area is 156 Å². The van der Waals surface area contributed by atoms with Gasteiger partial charge in [0.15, 0.2) is 10.9 Å². The lowest BCUT2D eigenvalue weighted by Gasteiger charge is -2.13. The molecule has 1 aliphatic heterocycles. The normalized spacial score (nSPS) is 15.5. The predicted molar refractivity (Wildman–Crippen MR) is 102 cm³/mol. The number of hydrogen-bond acceptors (Lipinski definition) is 5. The summed E-state index contributed by atoms with van der Waals surface area (Å²) in [5.41, 5.74) is 1.96. The van der Waals surface area contributed by atoms with Crippen LogP contribution < -0.4 is 10.9 Å². The molecule has 0 radical (unpaired) electrons. The van der Waals surface area contributed by atoms with Crippen molar-refractivity contribution in [1.82, 2.24) is 9.55 Å². The SMILES string of the molecule is CCCc1cc(=O)n2c(n1)SCC2CC(=O)Nc1ccc(C(C)=O)cc1. The van der Waals surface area contributed by atoms with Crippen molar-refractivity contribution in [2.45, 2.75) is 44.3 Å². The molecule has 26 heavy (non-hydrogen) atoms. The van der Waals surface area contributed by atoms with Crippen molar-refractivity contribution in [3.8, 4) is 0 Å². The van der Waals surface area contributed by atoms with Gasteiger partial charge >= 0.3 is 0 Å². The van der Waals surface area contributed by atoms with Crippen LogP contribution in [0.4, 0.5) is 5.69 Å². The highest BCUT2D eigenvalue weighted by atomic mass is 32.2. The minimum atomic E-state index is -0.192. The smallest absolute Gasteiger partial charge is 0.254 e. The maximum atomic E-state index is 12.4.